The molecule has 2 aromatic carbocycles. The normalized spacial score (nSPS) is 15.5. The van der Waals surface area contributed by atoms with Crippen molar-refractivity contribution in [1.29, 1.82) is 0 Å². The highest BCUT2D eigenvalue weighted by Crippen LogP contribution is 2.26. The zero-order valence-corrected chi connectivity index (χ0v) is 18.5. The van der Waals surface area contributed by atoms with Crippen molar-refractivity contribution in [1.82, 2.24) is 5.32 Å². The van der Waals surface area contributed by atoms with Gasteiger partial charge in [-0.25, -0.2) is 0 Å². The van der Waals surface area contributed by atoms with Crippen LogP contribution in [0.15, 0.2) is 53.4 Å². The number of thiocarbonyl (C=S) groups is 1. The maximum Gasteiger partial charge on any atom is 0.263 e. The van der Waals surface area contributed by atoms with E-state index >= 15 is 0 Å². The van der Waals surface area contributed by atoms with E-state index in [0.717, 1.165) is 23.5 Å². The standard InChI is InChI=1S/C23H25NO3S2/c1-23(2,3)17-7-11-19(12-8-17)27-14-4-13-26-18-9-5-16(6-10-18)15-20-21(25)24-22(28)29-20/h5-12,15H,4,13-14H2,1-3H3,(H,24,25,28)/b20-15+. The number of nitrogens with one attached hydrogen (secondary N) is 1. The Kier molecular flexibility index (Phi) is 6.98. The quantitative estimate of drug-likeness (QED) is 0.368. The first-order valence-electron chi connectivity index (χ1n) is 9.52. The van der Waals surface area contributed by atoms with Crippen LogP contribution in [-0.2, 0) is 10.2 Å². The summed E-state index contributed by atoms with van der Waals surface area (Å²) in [6.07, 6.45) is 2.61. The minimum absolute atomic E-state index is 0.145. The van der Waals surface area contributed by atoms with Crippen molar-refractivity contribution in [3.8, 4) is 11.5 Å². The van der Waals surface area contributed by atoms with Crippen LogP contribution in [0, 0.1) is 0 Å². The zero-order chi connectivity index (χ0) is 20.9. The predicted molar refractivity (Wildman–Crippen MR) is 123 cm³/mol. The highest BCUT2D eigenvalue weighted by Gasteiger charge is 2.21. The molecule has 3 rings (SSSR count). The molecule has 0 unspecified atom stereocenters. The topological polar surface area (TPSA) is 47.6 Å². The second-order valence-corrected chi connectivity index (χ2v) is 9.46. The van der Waals surface area contributed by atoms with Gasteiger partial charge in [-0.15, -0.1) is 0 Å². The lowest BCUT2D eigenvalue weighted by atomic mass is 9.87. The molecule has 1 amide bonds. The molecule has 0 bridgehead atoms. The van der Waals surface area contributed by atoms with E-state index in [1.807, 2.05) is 42.5 Å². The minimum Gasteiger partial charge on any atom is -0.493 e. The third-order valence-corrected chi connectivity index (χ3v) is 5.53. The van der Waals surface area contributed by atoms with E-state index in [9.17, 15) is 4.79 Å². The SMILES string of the molecule is CC(C)(C)c1ccc(OCCCOc2ccc(/C=C3/SC(=S)NC3=O)cc2)cc1. The molecule has 4 nitrogen and oxygen atoms in total. The summed E-state index contributed by atoms with van der Waals surface area (Å²) in [6.45, 7) is 7.77. The summed E-state index contributed by atoms with van der Waals surface area (Å²) >= 11 is 6.27. The summed E-state index contributed by atoms with van der Waals surface area (Å²) in [7, 11) is 0. The van der Waals surface area contributed by atoms with Crippen LogP contribution in [0.25, 0.3) is 6.08 Å². The van der Waals surface area contributed by atoms with Crippen molar-refractivity contribution in [3.05, 3.63) is 64.6 Å². The number of carbonyl (C=O) groups is 1. The van der Waals surface area contributed by atoms with Gasteiger partial charge in [-0.3, -0.25) is 4.79 Å². The Labute approximate surface area is 181 Å². The number of rotatable bonds is 7. The Balaban J connectivity index is 1.40. The van der Waals surface area contributed by atoms with E-state index in [2.05, 4.69) is 38.2 Å². The summed E-state index contributed by atoms with van der Waals surface area (Å²) in [6, 6.07) is 15.9. The lowest BCUT2D eigenvalue weighted by Crippen LogP contribution is -2.17. The molecule has 6 heteroatoms. The largest absolute Gasteiger partial charge is 0.493 e. The molecule has 1 fully saturated rings. The Morgan fingerprint density at radius 3 is 2.00 bits per heavy atom. The molecule has 1 saturated heterocycles. The average Bonchev–Trinajstić information content (AvgIpc) is 2.99. The molecule has 2 aromatic rings. The lowest BCUT2D eigenvalue weighted by Gasteiger charge is -2.19. The smallest absolute Gasteiger partial charge is 0.263 e. The molecule has 0 radical (unpaired) electrons. The van der Waals surface area contributed by atoms with E-state index in [4.69, 9.17) is 21.7 Å². The molecule has 1 heterocycles. The van der Waals surface area contributed by atoms with Crippen LogP contribution in [0.1, 0.15) is 38.3 Å². The Bertz CT molecular complexity index is 897. The summed E-state index contributed by atoms with van der Waals surface area (Å²) < 4.78 is 12.0. The monoisotopic (exact) mass is 427 g/mol. The Hall–Kier alpha value is -2.31. The number of ether oxygens (including phenoxy) is 2. The van der Waals surface area contributed by atoms with Crippen molar-refractivity contribution >= 4 is 40.3 Å². The molecule has 29 heavy (non-hydrogen) atoms. The van der Waals surface area contributed by atoms with Crippen molar-refractivity contribution in [2.45, 2.75) is 32.6 Å². The van der Waals surface area contributed by atoms with E-state index in [1.54, 1.807) is 0 Å². The highest BCUT2D eigenvalue weighted by molar-refractivity contribution is 8.26. The van der Waals surface area contributed by atoms with E-state index in [0.29, 0.717) is 22.4 Å². The number of hydrogen-bond donors (Lipinski definition) is 1. The van der Waals surface area contributed by atoms with Crippen molar-refractivity contribution < 1.29 is 14.3 Å². The zero-order valence-electron chi connectivity index (χ0n) is 16.9. The summed E-state index contributed by atoms with van der Waals surface area (Å²) in [5.41, 5.74) is 2.37. The second kappa shape index (κ2) is 9.46. The molecule has 0 aliphatic carbocycles. The molecule has 0 saturated carbocycles. The van der Waals surface area contributed by atoms with Crippen LogP contribution >= 0.6 is 24.0 Å². The number of hydrogen-bond acceptors (Lipinski definition) is 5. The highest BCUT2D eigenvalue weighted by atomic mass is 32.2. The van der Waals surface area contributed by atoms with Crippen molar-refractivity contribution in [2.24, 2.45) is 0 Å². The summed E-state index contributed by atoms with van der Waals surface area (Å²) in [4.78, 5) is 12.3. The third kappa shape index (κ3) is 6.34. The van der Waals surface area contributed by atoms with Gasteiger partial charge in [0.2, 0.25) is 0 Å². The van der Waals surface area contributed by atoms with Gasteiger partial charge in [0, 0.05) is 6.42 Å². The van der Waals surface area contributed by atoms with Gasteiger partial charge in [-0.1, -0.05) is 69.0 Å². The van der Waals surface area contributed by atoms with E-state index in [1.165, 1.54) is 17.3 Å². The Morgan fingerprint density at radius 2 is 1.52 bits per heavy atom. The van der Waals surface area contributed by atoms with Gasteiger partial charge in [0.25, 0.3) is 5.91 Å². The molecule has 1 N–H and O–H groups in total. The van der Waals surface area contributed by atoms with Crippen molar-refractivity contribution in [3.63, 3.8) is 0 Å². The summed E-state index contributed by atoms with van der Waals surface area (Å²) in [5, 5.41) is 2.61. The maximum absolute atomic E-state index is 11.7. The average molecular weight is 428 g/mol. The minimum atomic E-state index is -0.145. The van der Waals surface area contributed by atoms with Crippen LogP contribution in [-0.4, -0.2) is 23.4 Å². The van der Waals surface area contributed by atoms with Gasteiger partial charge in [-0.2, -0.15) is 0 Å². The van der Waals surface area contributed by atoms with Crippen LogP contribution < -0.4 is 14.8 Å². The van der Waals surface area contributed by atoms with Gasteiger partial charge in [0.05, 0.1) is 18.1 Å². The first-order chi connectivity index (χ1) is 13.8. The first kappa shape index (κ1) is 21.4. The lowest BCUT2D eigenvalue weighted by molar-refractivity contribution is -0.115. The second-order valence-electron chi connectivity index (χ2n) is 7.75. The maximum atomic E-state index is 11.7. The van der Waals surface area contributed by atoms with Gasteiger partial charge in [-0.05, 0) is 46.9 Å². The fraction of sp³-hybridized carbons (Fsp3) is 0.304. The van der Waals surface area contributed by atoms with Crippen LogP contribution in [0.5, 0.6) is 11.5 Å². The number of carbonyl (C=O) groups excluding carboxylic acids is 1. The van der Waals surface area contributed by atoms with Crippen LogP contribution in [0.2, 0.25) is 0 Å². The first-order valence-corrected chi connectivity index (χ1v) is 10.7. The van der Waals surface area contributed by atoms with Crippen molar-refractivity contribution in [2.75, 3.05) is 13.2 Å². The van der Waals surface area contributed by atoms with E-state index in [-0.39, 0.29) is 11.3 Å². The van der Waals surface area contributed by atoms with Gasteiger partial charge >= 0.3 is 0 Å². The summed E-state index contributed by atoms with van der Waals surface area (Å²) in [5.74, 6) is 1.53. The number of amides is 1. The van der Waals surface area contributed by atoms with E-state index < -0.39 is 0 Å². The fourth-order valence-corrected chi connectivity index (χ4v) is 3.77. The molecule has 0 spiro atoms. The molecular formula is C23H25NO3S2. The number of thioether (sulfide) groups is 1. The Morgan fingerprint density at radius 1 is 0.966 bits per heavy atom. The molecular weight excluding hydrogens is 402 g/mol. The van der Waals surface area contributed by atoms with Gasteiger partial charge in [0.15, 0.2) is 0 Å². The number of benzene rings is 2. The van der Waals surface area contributed by atoms with Crippen LogP contribution in [0.3, 0.4) is 0 Å². The molecule has 0 aromatic heterocycles. The molecule has 152 valence electrons. The molecule has 1 aliphatic rings. The third-order valence-electron chi connectivity index (χ3n) is 4.37. The van der Waals surface area contributed by atoms with Crippen LogP contribution in [0.4, 0.5) is 0 Å². The molecule has 0 atom stereocenters. The van der Waals surface area contributed by atoms with Gasteiger partial charge in [0.1, 0.15) is 15.8 Å². The van der Waals surface area contributed by atoms with Gasteiger partial charge < -0.3 is 14.8 Å². The molecule has 1 aliphatic heterocycles. The predicted octanol–water partition coefficient (Wildman–Crippen LogP) is 5.32. The fourth-order valence-electron chi connectivity index (χ4n) is 2.72.